The lowest BCUT2D eigenvalue weighted by Crippen LogP contribution is -2.04. The van der Waals surface area contributed by atoms with Gasteiger partial charge in [0.15, 0.2) is 0 Å². The van der Waals surface area contributed by atoms with Gasteiger partial charge < -0.3 is 4.74 Å². The number of benzene rings is 1. The van der Waals surface area contributed by atoms with E-state index in [2.05, 4.69) is 17.4 Å². The Labute approximate surface area is 110 Å². The second-order valence-corrected chi connectivity index (χ2v) is 3.88. The van der Waals surface area contributed by atoms with Crippen molar-refractivity contribution in [2.45, 2.75) is 6.42 Å². The summed E-state index contributed by atoms with van der Waals surface area (Å²) in [6.07, 6.45) is 4.33. The summed E-state index contributed by atoms with van der Waals surface area (Å²) >= 11 is 4.06. The fraction of sp³-hybridized carbons (Fsp3) is 0.250. The highest BCUT2D eigenvalue weighted by Crippen LogP contribution is 2.20. The van der Waals surface area contributed by atoms with Crippen LogP contribution in [0.5, 0.6) is 0 Å². The van der Waals surface area contributed by atoms with Gasteiger partial charge in [-0.2, -0.15) is 12.6 Å². The molecule has 0 fully saturated rings. The molecule has 0 spiro atoms. The van der Waals surface area contributed by atoms with E-state index in [1.165, 1.54) is 25.3 Å². The largest absolute Gasteiger partial charge is 0.465 e. The Morgan fingerprint density at radius 2 is 2.28 bits per heavy atom. The van der Waals surface area contributed by atoms with Crippen LogP contribution in [0.25, 0.3) is 6.08 Å². The van der Waals surface area contributed by atoms with E-state index in [1.807, 2.05) is 6.08 Å². The summed E-state index contributed by atoms with van der Waals surface area (Å²) in [6.45, 7) is 0. The van der Waals surface area contributed by atoms with Crippen molar-refractivity contribution >= 4 is 30.4 Å². The molecule has 0 aliphatic heterocycles. The number of nitro groups is 1. The number of carbonyl (C=O) groups excluding carboxylic acids is 1. The molecule has 0 aromatic heterocycles. The van der Waals surface area contributed by atoms with Gasteiger partial charge in [0, 0.05) is 12.1 Å². The molecule has 0 saturated heterocycles. The van der Waals surface area contributed by atoms with Crippen LogP contribution in [0.1, 0.15) is 22.3 Å². The maximum Gasteiger partial charge on any atom is 0.338 e. The number of nitrogens with zero attached hydrogens (tertiary/aromatic N) is 1. The van der Waals surface area contributed by atoms with Crippen molar-refractivity contribution < 1.29 is 14.5 Å². The molecule has 1 aromatic carbocycles. The number of carbonyl (C=O) groups is 1. The second kappa shape index (κ2) is 6.80. The Bertz CT molecular complexity index is 485. The average molecular weight is 267 g/mol. The molecule has 0 aliphatic rings. The van der Waals surface area contributed by atoms with E-state index in [1.54, 1.807) is 6.08 Å². The topological polar surface area (TPSA) is 69.4 Å². The Morgan fingerprint density at radius 1 is 1.56 bits per heavy atom. The van der Waals surface area contributed by atoms with Crippen LogP contribution in [-0.2, 0) is 4.74 Å². The van der Waals surface area contributed by atoms with Crippen LogP contribution >= 0.6 is 12.6 Å². The zero-order valence-corrected chi connectivity index (χ0v) is 10.7. The summed E-state index contributed by atoms with van der Waals surface area (Å²) in [6, 6.07) is 4.10. The lowest BCUT2D eigenvalue weighted by Gasteiger charge is -2.04. The molecule has 0 N–H and O–H groups in total. The van der Waals surface area contributed by atoms with Crippen LogP contribution in [0, 0.1) is 10.1 Å². The van der Waals surface area contributed by atoms with Crippen LogP contribution in [0.4, 0.5) is 5.69 Å². The Morgan fingerprint density at radius 3 is 2.83 bits per heavy atom. The van der Waals surface area contributed by atoms with Gasteiger partial charge in [-0.15, -0.1) is 0 Å². The summed E-state index contributed by atoms with van der Waals surface area (Å²) in [5.41, 5.74) is 0.637. The van der Waals surface area contributed by atoms with E-state index >= 15 is 0 Å². The van der Waals surface area contributed by atoms with E-state index in [-0.39, 0.29) is 11.3 Å². The first-order chi connectivity index (χ1) is 8.60. The molecule has 0 radical (unpaired) electrons. The Balaban J connectivity index is 3.16. The van der Waals surface area contributed by atoms with Crippen molar-refractivity contribution in [1.29, 1.82) is 0 Å². The van der Waals surface area contributed by atoms with Gasteiger partial charge in [0.05, 0.1) is 17.6 Å². The highest BCUT2D eigenvalue weighted by molar-refractivity contribution is 7.80. The zero-order chi connectivity index (χ0) is 13.5. The van der Waals surface area contributed by atoms with E-state index in [0.717, 1.165) is 6.42 Å². The molecule has 0 atom stereocenters. The van der Waals surface area contributed by atoms with E-state index in [4.69, 9.17) is 0 Å². The predicted molar refractivity (Wildman–Crippen MR) is 71.9 cm³/mol. The number of ether oxygens (including phenoxy) is 1. The van der Waals surface area contributed by atoms with Crippen LogP contribution in [0.15, 0.2) is 24.3 Å². The van der Waals surface area contributed by atoms with Crippen LogP contribution in [-0.4, -0.2) is 23.8 Å². The molecule has 96 valence electrons. The molecule has 6 heteroatoms. The third-order valence-electron chi connectivity index (χ3n) is 2.25. The number of thiol groups is 1. The molecule has 1 rings (SSSR count). The van der Waals surface area contributed by atoms with Gasteiger partial charge in [-0.05, 0) is 23.8 Å². The molecule has 0 saturated carbocycles. The van der Waals surface area contributed by atoms with Gasteiger partial charge in [0.1, 0.15) is 0 Å². The minimum atomic E-state index is -0.593. The molecular weight excluding hydrogens is 254 g/mol. The van der Waals surface area contributed by atoms with E-state index < -0.39 is 10.9 Å². The Kier molecular flexibility index (Phi) is 5.38. The smallest absolute Gasteiger partial charge is 0.338 e. The van der Waals surface area contributed by atoms with Gasteiger partial charge in [0.2, 0.25) is 0 Å². The van der Waals surface area contributed by atoms with Crippen molar-refractivity contribution in [3.63, 3.8) is 0 Å². The molecular formula is C12H13NO4S. The molecule has 1 aromatic rings. The third-order valence-corrected chi connectivity index (χ3v) is 2.50. The number of esters is 1. The lowest BCUT2D eigenvalue weighted by atomic mass is 10.1. The fourth-order valence-corrected chi connectivity index (χ4v) is 1.52. The van der Waals surface area contributed by atoms with Crippen molar-refractivity contribution in [3.05, 3.63) is 45.5 Å². The molecule has 0 aliphatic carbocycles. The van der Waals surface area contributed by atoms with Gasteiger partial charge >= 0.3 is 5.97 Å². The standard InChI is InChI=1S/C12H13NO4S/c1-17-12(14)11-8-10(13(15)16)6-5-9(11)4-2-3-7-18/h2,4-6,8,18H,3,7H2,1H3. The molecule has 18 heavy (non-hydrogen) atoms. The number of allylic oxidation sites excluding steroid dienone is 1. The van der Waals surface area contributed by atoms with Crippen molar-refractivity contribution in [1.82, 2.24) is 0 Å². The first kappa shape index (κ1) is 14.2. The fourth-order valence-electron chi connectivity index (χ4n) is 1.37. The third kappa shape index (κ3) is 3.59. The highest BCUT2D eigenvalue weighted by Gasteiger charge is 2.15. The maximum absolute atomic E-state index is 11.5. The normalized spacial score (nSPS) is 10.6. The molecule has 0 amide bonds. The quantitative estimate of drug-likeness (QED) is 0.385. The van der Waals surface area contributed by atoms with Crippen molar-refractivity contribution in [2.75, 3.05) is 12.9 Å². The summed E-state index contributed by atoms with van der Waals surface area (Å²) in [7, 11) is 1.24. The number of methoxy groups -OCH3 is 1. The predicted octanol–water partition coefficient (Wildman–Crippen LogP) is 2.71. The summed E-state index contributed by atoms with van der Waals surface area (Å²) in [5, 5.41) is 10.7. The first-order valence-corrected chi connectivity index (χ1v) is 5.87. The summed E-state index contributed by atoms with van der Waals surface area (Å²) < 4.78 is 4.61. The van der Waals surface area contributed by atoms with Crippen LogP contribution < -0.4 is 0 Å². The minimum Gasteiger partial charge on any atom is -0.465 e. The Hall–Kier alpha value is -1.82. The highest BCUT2D eigenvalue weighted by atomic mass is 32.1. The lowest BCUT2D eigenvalue weighted by molar-refractivity contribution is -0.384. The number of non-ortho nitro benzene ring substituents is 1. The minimum absolute atomic E-state index is 0.137. The zero-order valence-electron chi connectivity index (χ0n) is 9.83. The van der Waals surface area contributed by atoms with E-state index in [9.17, 15) is 14.9 Å². The van der Waals surface area contributed by atoms with Gasteiger partial charge in [-0.25, -0.2) is 4.79 Å². The molecule has 0 unspecified atom stereocenters. The SMILES string of the molecule is COC(=O)c1cc([N+](=O)[O-])ccc1C=CCCS. The molecule has 0 bridgehead atoms. The molecule has 5 nitrogen and oxygen atoms in total. The van der Waals surface area contributed by atoms with Crippen LogP contribution in [0.3, 0.4) is 0 Å². The summed E-state index contributed by atoms with van der Waals surface area (Å²) in [4.78, 5) is 21.7. The van der Waals surface area contributed by atoms with Gasteiger partial charge in [0.25, 0.3) is 5.69 Å². The number of hydrogen-bond donors (Lipinski definition) is 1. The summed E-state index contributed by atoms with van der Waals surface area (Å²) in [5.74, 6) is 0.0982. The van der Waals surface area contributed by atoms with Gasteiger partial charge in [-0.3, -0.25) is 10.1 Å². The van der Waals surface area contributed by atoms with Gasteiger partial charge in [-0.1, -0.05) is 12.2 Å². The van der Waals surface area contributed by atoms with Crippen LogP contribution in [0.2, 0.25) is 0 Å². The monoisotopic (exact) mass is 267 g/mol. The van der Waals surface area contributed by atoms with E-state index in [0.29, 0.717) is 11.3 Å². The van der Waals surface area contributed by atoms with Crippen molar-refractivity contribution in [3.8, 4) is 0 Å². The number of rotatable bonds is 5. The maximum atomic E-state index is 11.5. The first-order valence-electron chi connectivity index (χ1n) is 5.24. The van der Waals surface area contributed by atoms with Crippen molar-refractivity contribution in [2.24, 2.45) is 0 Å². The second-order valence-electron chi connectivity index (χ2n) is 3.43. The number of nitro benzene ring substituents is 1. The molecule has 0 heterocycles. The number of hydrogen-bond acceptors (Lipinski definition) is 5. The average Bonchev–Trinajstić information content (AvgIpc) is 2.38.